The van der Waals surface area contributed by atoms with Crippen molar-refractivity contribution in [3.8, 4) is 28.3 Å². The first-order chi connectivity index (χ1) is 24.2. The number of nitrogens with two attached hydrogens (primary N) is 1. The molecule has 51 heavy (non-hydrogen) atoms. The molecule has 0 bridgehead atoms. The second-order valence-electron chi connectivity index (χ2n) is 12.6. The van der Waals surface area contributed by atoms with Gasteiger partial charge in [0, 0.05) is 36.7 Å². The van der Waals surface area contributed by atoms with Gasteiger partial charge in [0.05, 0.1) is 20.3 Å². The van der Waals surface area contributed by atoms with Crippen LogP contribution in [0.2, 0.25) is 0 Å². The number of nitrogens with zero attached hydrogens (tertiary/aromatic N) is 4. The number of amides is 2. The molecule has 3 aromatic carbocycles. The summed E-state index contributed by atoms with van der Waals surface area (Å²) in [5.74, 6) is 0.455. The number of anilines is 1. The number of carbonyl (C=O) groups is 2. The predicted octanol–water partition coefficient (Wildman–Crippen LogP) is 3.42. The van der Waals surface area contributed by atoms with Crippen LogP contribution in [0.25, 0.3) is 22.5 Å². The third-order valence-electron chi connectivity index (χ3n) is 9.41. The number of rotatable bonds is 12. The van der Waals surface area contributed by atoms with Crippen LogP contribution in [0.4, 0.5) is 5.69 Å². The number of ether oxygens (including phenoxy) is 2. The van der Waals surface area contributed by atoms with Crippen LogP contribution in [0.1, 0.15) is 31.2 Å². The molecule has 1 aromatic heterocycles. The Kier molecular flexibility index (Phi) is 12.8. The van der Waals surface area contributed by atoms with Gasteiger partial charge in [0.15, 0.2) is 5.82 Å². The maximum absolute atomic E-state index is 13.8. The Morgan fingerprint density at radius 1 is 1.00 bits per heavy atom. The minimum absolute atomic E-state index is 0. The zero-order valence-electron chi connectivity index (χ0n) is 28.3. The molecule has 2 fully saturated rings. The van der Waals surface area contributed by atoms with E-state index in [1.54, 1.807) is 42.5 Å². The zero-order valence-corrected chi connectivity index (χ0v) is 29.9. The van der Waals surface area contributed by atoms with E-state index in [2.05, 4.69) is 31.3 Å². The number of carbonyl (C=O) groups excluding carboxylic acids is 2. The molecule has 1 saturated carbocycles. The molecule has 1 atom stereocenters. The first-order valence-electron chi connectivity index (χ1n) is 16.8. The number of halogens is 1. The van der Waals surface area contributed by atoms with Crippen LogP contribution in [-0.2, 0) is 30.8 Å². The molecule has 272 valence electrons. The lowest BCUT2D eigenvalue weighted by molar-refractivity contribution is -0.130. The number of H-pyrrole nitrogens is 1. The summed E-state index contributed by atoms with van der Waals surface area (Å²) in [5, 5.41) is 19.8. The van der Waals surface area contributed by atoms with Crippen molar-refractivity contribution in [2.45, 2.75) is 43.0 Å². The lowest BCUT2D eigenvalue weighted by Crippen LogP contribution is -2.48. The van der Waals surface area contributed by atoms with Gasteiger partial charge in [0.25, 0.3) is 0 Å². The second-order valence-corrected chi connectivity index (χ2v) is 14.5. The Bertz CT molecular complexity index is 1880. The predicted molar refractivity (Wildman–Crippen MR) is 194 cm³/mol. The van der Waals surface area contributed by atoms with Crippen LogP contribution in [0.5, 0.6) is 5.75 Å². The van der Waals surface area contributed by atoms with Gasteiger partial charge < -0.3 is 25.8 Å². The fourth-order valence-electron chi connectivity index (χ4n) is 6.48. The average Bonchev–Trinajstić information content (AvgIpc) is 3.70. The molecular weight excluding hydrogens is 696 g/mol. The fraction of sp³-hybridized carbons (Fsp3) is 0.400. The van der Waals surface area contributed by atoms with E-state index in [-0.39, 0.29) is 60.3 Å². The third-order valence-corrected chi connectivity index (χ3v) is 11.3. The number of morpholine rings is 1. The molecule has 1 aliphatic carbocycles. The quantitative estimate of drug-likeness (QED) is 0.167. The number of methoxy groups -OCH3 is 1. The zero-order chi connectivity index (χ0) is 35.1. The van der Waals surface area contributed by atoms with Gasteiger partial charge in [0.1, 0.15) is 16.7 Å². The summed E-state index contributed by atoms with van der Waals surface area (Å²) in [7, 11) is -2.40. The van der Waals surface area contributed by atoms with Crippen LogP contribution in [-0.4, -0.2) is 91.2 Å². The van der Waals surface area contributed by atoms with E-state index in [1.807, 2.05) is 24.3 Å². The van der Waals surface area contributed by atoms with Crippen LogP contribution in [0, 0.1) is 11.8 Å². The highest BCUT2D eigenvalue weighted by Gasteiger charge is 2.31. The fourth-order valence-corrected chi connectivity index (χ4v) is 8.07. The minimum Gasteiger partial charge on any atom is -0.495 e. The number of benzene rings is 3. The maximum Gasteiger partial charge on any atom is 0.247 e. The van der Waals surface area contributed by atoms with Crippen molar-refractivity contribution >= 4 is 39.9 Å². The van der Waals surface area contributed by atoms with E-state index >= 15 is 0 Å². The molecular formula is C35H43ClN8O6S. The smallest absolute Gasteiger partial charge is 0.247 e. The summed E-state index contributed by atoms with van der Waals surface area (Å²) in [6.07, 6.45) is 3.42. The van der Waals surface area contributed by atoms with Crippen molar-refractivity contribution < 1.29 is 27.5 Å². The number of aromatic nitrogens is 4. The first-order valence-corrected chi connectivity index (χ1v) is 18.2. The van der Waals surface area contributed by atoms with Crippen molar-refractivity contribution in [3.05, 3.63) is 72.3 Å². The second kappa shape index (κ2) is 17.2. The van der Waals surface area contributed by atoms with E-state index in [4.69, 9.17) is 15.2 Å². The monoisotopic (exact) mass is 738 g/mol. The van der Waals surface area contributed by atoms with Crippen molar-refractivity contribution in [2.24, 2.45) is 17.6 Å². The Hall–Kier alpha value is -4.41. The molecule has 0 spiro atoms. The van der Waals surface area contributed by atoms with Crippen molar-refractivity contribution in [1.82, 2.24) is 30.2 Å². The average molecular weight is 739 g/mol. The Morgan fingerprint density at radius 2 is 1.71 bits per heavy atom. The van der Waals surface area contributed by atoms with E-state index in [1.165, 1.54) is 11.4 Å². The standard InChI is InChI=1S/C35H42N8O6S.ClH/c1-48-31-14-11-28(21-32(31)50(46,47)43-15-17-49-18-16-43)27-4-2-3-24(19-27)20-30(38-34(44)26-7-5-23(22-36)6-8-26)35(45)37-29-12-9-25(10-13-29)33-39-41-42-40-33;/h2-4,9-14,19,21,23,26,30H,5-8,15-18,20,22,36H2,1H3,(H,37,45)(H,38,44)(H,39,40,41,42);1H/t23?,26?,30-;/m0./s1. The van der Waals surface area contributed by atoms with Gasteiger partial charge in [0.2, 0.25) is 21.8 Å². The number of tetrazole rings is 1. The van der Waals surface area contributed by atoms with Crippen LogP contribution in [0.3, 0.4) is 0 Å². The van der Waals surface area contributed by atoms with E-state index in [9.17, 15) is 18.0 Å². The summed E-state index contributed by atoms with van der Waals surface area (Å²) in [4.78, 5) is 27.4. The van der Waals surface area contributed by atoms with E-state index < -0.39 is 16.1 Å². The Morgan fingerprint density at radius 3 is 2.37 bits per heavy atom. The highest BCUT2D eigenvalue weighted by Crippen LogP contribution is 2.33. The number of hydrogen-bond acceptors (Lipinski definition) is 10. The molecule has 6 rings (SSSR count). The summed E-state index contributed by atoms with van der Waals surface area (Å²) in [6.45, 7) is 1.79. The molecule has 0 radical (unpaired) electrons. The molecule has 0 unspecified atom stereocenters. The van der Waals surface area contributed by atoms with Gasteiger partial charge in [-0.05, 0) is 102 Å². The lowest BCUT2D eigenvalue weighted by atomic mass is 9.81. The van der Waals surface area contributed by atoms with Gasteiger partial charge in [-0.25, -0.2) is 13.5 Å². The van der Waals surface area contributed by atoms with Gasteiger partial charge >= 0.3 is 0 Å². The van der Waals surface area contributed by atoms with Gasteiger partial charge in [-0.2, -0.15) is 4.31 Å². The van der Waals surface area contributed by atoms with Crippen LogP contribution >= 0.6 is 12.4 Å². The van der Waals surface area contributed by atoms with E-state index in [0.717, 1.165) is 42.4 Å². The molecule has 1 saturated heterocycles. The molecule has 2 amide bonds. The highest BCUT2D eigenvalue weighted by molar-refractivity contribution is 7.89. The van der Waals surface area contributed by atoms with Crippen molar-refractivity contribution in [1.29, 1.82) is 0 Å². The van der Waals surface area contributed by atoms with Gasteiger partial charge in [-0.1, -0.05) is 30.3 Å². The largest absolute Gasteiger partial charge is 0.495 e. The Labute approximate surface area is 303 Å². The number of nitrogens with one attached hydrogen (secondary N) is 3. The number of hydrogen-bond donors (Lipinski definition) is 4. The topological polar surface area (TPSA) is 195 Å². The molecule has 16 heteroatoms. The van der Waals surface area contributed by atoms with E-state index in [0.29, 0.717) is 42.8 Å². The summed E-state index contributed by atoms with van der Waals surface area (Å²) in [6, 6.07) is 18.8. The molecule has 2 aliphatic rings. The normalized spacial score (nSPS) is 18.6. The Balaban J connectivity index is 0.00000504. The minimum atomic E-state index is -3.84. The molecule has 2 heterocycles. The van der Waals surface area contributed by atoms with Crippen molar-refractivity contribution in [2.75, 3.05) is 45.3 Å². The highest BCUT2D eigenvalue weighted by atomic mass is 35.5. The van der Waals surface area contributed by atoms with Gasteiger partial charge in [-0.3, -0.25) is 9.59 Å². The van der Waals surface area contributed by atoms with Crippen LogP contribution < -0.4 is 21.1 Å². The van der Waals surface area contributed by atoms with Crippen molar-refractivity contribution in [3.63, 3.8) is 0 Å². The summed E-state index contributed by atoms with van der Waals surface area (Å²) < 4.78 is 39.5. The molecule has 4 aromatic rings. The number of sulfonamides is 1. The molecule has 14 nitrogen and oxygen atoms in total. The third kappa shape index (κ3) is 9.10. The summed E-state index contributed by atoms with van der Waals surface area (Å²) >= 11 is 0. The van der Waals surface area contributed by atoms with Gasteiger partial charge in [-0.15, -0.1) is 17.5 Å². The maximum atomic E-state index is 13.8. The molecule has 5 N–H and O–H groups in total. The first kappa shape index (κ1) is 37.8. The lowest BCUT2D eigenvalue weighted by Gasteiger charge is -2.28. The summed E-state index contributed by atoms with van der Waals surface area (Å²) in [5.41, 5.74) is 9.38. The molecule has 1 aliphatic heterocycles. The van der Waals surface area contributed by atoms with Crippen LogP contribution in [0.15, 0.2) is 71.6 Å². The number of aromatic amines is 1. The SMILES string of the molecule is COc1ccc(-c2cccc(C[C@H](NC(=O)C3CCC(CN)CC3)C(=O)Nc3ccc(-c4nnn[nH]4)cc3)c2)cc1S(=O)(=O)N1CCOCC1.Cl.